The van der Waals surface area contributed by atoms with Gasteiger partial charge in [-0.25, -0.2) is 9.78 Å². The maximum Gasteiger partial charge on any atom is 0.339 e. The van der Waals surface area contributed by atoms with E-state index in [0.29, 0.717) is 21.5 Å². The SMILES string of the molecule is Cn1ncc(C(=O)O)c1CSc1ncccc1Cl. The average molecular weight is 284 g/mol. The third-order valence-electron chi connectivity index (χ3n) is 2.36. The molecule has 1 N–H and O–H groups in total. The number of thioether (sulfide) groups is 1. The van der Waals surface area contributed by atoms with Gasteiger partial charge in [-0.1, -0.05) is 23.4 Å². The van der Waals surface area contributed by atoms with Crippen LogP contribution in [0.15, 0.2) is 29.6 Å². The van der Waals surface area contributed by atoms with Crippen molar-refractivity contribution in [1.29, 1.82) is 0 Å². The molecule has 0 atom stereocenters. The molecule has 0 aliphatic heterocycles. The van der Waals surface area contributed by atoms with Crippen molar-refractivity contribution >= 4 is 29.3 Å². The van der Waals surface area contributed by atoms with Crippen LogP contribution in [0.4, 0.5) is 0 Å². The van der Waals surface area contributed by atoms with Gasteiger partial charge in [-0.15, -0.1) is 0 Å². The van der Waals surface area contributed by atoms with Gasteiger partial charge in [0.05, 0.1) is 16.9 Å². The van der Waals surface area contributed by atoms with E-state index < -0.39 is 5.97 Å². The molecule has 2 aromatic heterocycles. The number of carboxylic acid groups (broad SMARTS) is 1. The summed E-state index contributed by atoms with van der Waals surface area (Å²) in [7, 11) is 1.71. The van der Waals surface area contributed by atoms with Gasteiger partial charge in [-0.2, -0.15) is 5.10 Å². The molecule has 0 aliphatic rings. The summed E-state index contributed by atoms with van der Waals surface area (Å²) in [6.45, 7) is 0. The number of carbonyl (C=O) groups is 1. The van der Waals surface area contributed by atoms with Crippen molar-refractivity contribution in [2.45, 2.75) is 10.8 Å². The average Bonchev–Trinajstić information content (AvgIpc) is 2.70. The Kier molecular flexibility index (Phi) is 3.88. The minimum atomic E-state index is -0.981. The third-order valence-corrected chi connectivity index (χ3v) is 3.80. The summed E-state index contributed by atoms with van der Waals surface area (Å²) >= 11 is 7.37. The van der Waals surface area contributed by atoms with E-state index in [0.717, 1.165) is 0 Å². The summed E-state index contributed by atoms with van der Waals surface area (Å²) in [5.41, 5.74) is 0.839. The summed E-state index contributed by atoms with van der Waals surface area (Å²) in [6.07, 6.45) is 2.99. The minimum Gasteiger partial charge on any atom is -0.478 e. The smallest absolute Gasteiger partial charge is 0.339 e. The van der Waals surface area contributed by atoms with Crippen LogP contribution in [0.25, 0.3) is 0 Å². The number of rotatable bonds is 4. The van der Waals surface area contributed by atoms with Gasteiger partial charge in [-0.3, -0.25) is 4.68 Å². The molecule has 2 rings (SSSR count). The molecule has 2 aromatic rings. The maximum atomic E-state index is 11.0. The second-order valence-electron chi connectivity index (χ2n) is 3.51. The number of hydrogen-bond acceptors (Lipinski definition) is 4. The van der Waals surface area contributed by atoms with Crippen molar-refractivity contribution in [3.63, 3.8) is 0 Å². The van der Waals surface area contributed by atoms with Gasteiger partial charge in [0.1, 0.15) is 10.6 Å². The van der Waals surface area contributed by atoms with Gasteiger partial charge in [0, 0.05) is 19.0 Å². The molecular weight excluding hydrogens is 274 g/mol. The van der Waals surface area contributed by atoms with Crippen molar-refractivity contribution in [2.75, 3.05) is 0 Å². The quantitative estimate of drug-likeness (QED) is 0.873. The van der Waals surface area contributed by atoms with Crippen molar-refractivity contribution < 1.29 is 9.90 Å². The molecular formula is C11H10ClN3O2S. The highest BCUT2D eigenvalue weighted by molar-refractivity contribution is 7.98. The largest absolute Gasteiger partial charge is 0.478 e. The number of hydrogen-bond donors (Lipinski definition) is 1. The molecule has 2 heterocycles. The molecule has 0 fully saturated rings. The molecule has 0 spiro atoms. The summed E-state index contributed by atoms with van der Waals surface area (Å²) in [5, 5.41) is 14.2. The number of aromatic carboxylic acids is 1. The Morgan fingerprint density at radius 1 is 1.61 bits per heavy atom. The first-order chi connectivity index (χ1) is 8.59. The first-order valence-electron chi connectivity index (χ1n) is 5.07. The fraction of sp³-hybridized carbons (Fsp3) is 0.182. The van der Waals surface area contributed by atoms with Crippen molar-refractivity contribution in [3.8, 4) is 0 Å². The summed E-state index contributed by atoms with van der Waals surface area (Å²) in [5.74, 6) is -0.527. The zero-order valence-electron chi connectivity index (χ0n) is 9.50. The topological polar surface area (TPSA) is 68.0 Å². The molecule has 0 amide bonds. The van der Waals surface area contributed by atoms with Crippen LogP contribution in [-0.2, 0) is 12.8 Å². The number of nitrogens with zero attached hydrogens (tertiary/aromatic N) is 3. The lowest BCUT2D eigenvalue weighted by atomic mass is 10.3. The Bertz CT molecular complexity index is 585. The van der Waals surface area contributed by atoms with Crippen molar-refractivity contribution in [3.05, 3.63) is 40.8 Å². The molecule has 0 radical (unpaired) electrons. The van der Waals surface area contributed by atoms with E-state index in [9.17, 15) is 4.79 Å². The van der Waals surface area contributed by atoms with Crippen molar-refractivity contribution in [1.82, 2.24) is 14.8 Å². The molecule has 0 saturated carbocycles. The highest BCUT2D eigenvalue weighted by Crippen LogP contribution is 2.28. The van der Waals surface area contributed by atoms with Gasteiger partial charge < -0.3 is 5.11 Å². The van der Waals surface area contributed by atoms with E-state index in [2.05, 4.69) is 10.1 Å². The fourth-order valence-corrected chi connectivity index (χ4v) is 2.67. The van der Waals surface area contributed by atoms with E-state index in [1.165, 1.54) is 18.0 Å². The van der Waals surface area contributed by atoms with E-state index in [1.807, 2.05) is 0 Å². The number of pyridine rings is 1. The minimum absolute atomic E-state index is 0.206. The molecule has 0 aromatic carbocycles. The second-order valence-corrected chi connectivity index (χ2v) is 4.88. The fourth-order valence-electron chi connectivity index (χ4n) is 1.43. The predicted octanol–water partition coefficient (Wildman–Crippen LogP) is 2.46. The summed E-state index contributed by atoms with van der Waals surface area (Å²) in [4.78, 5) is 15.1. The zero-order chi connectivity index (χ0) is 13.1. The monoisotopic (exact) mass is 283 g/mol. The van der Waals surface area contributed by atoms with Crippen LogP contribution in [0.5, 0.6) is 0 Å². The third kappa shape index (κ3) is 2.65. The van der Waals surface area contributed by atoms with Crippen molar-refractivity contribution in [2.24, 2.45) is 7.05 Å². The Hall–Kier alpha value is -1.53. The van der Waals surface area contributed by atoms with E-state index >= 15 is 0 Å². The molecule has 0 saturated heterocycles. The van der Waals surface area contributed by atoms with E-state index in [4.69, 9.17) is 16.7 Å². The highest BCUT2D eigenvalue weighted by Gasteiger charge is 2.15. The van der Waals surface area contributed by atoms with Gasteiger partial charge >= 0.3 is 5.97 Å². The first kappa shape index (κ1) is 12.9. The number of aryl methyl sites for hydroxylation is 1. The van der Waals surface area contributed by atoms with E-state index in [-0.39, 0.29) is 5.56 Å². The molecule has 0 bridgehead atoms. The number of aromatic nitrogens is 3. The lowest BCUT2D eigenvalue weighted by Crippen LogP contribution is -2.03. The van der Waals surface area contributed by atoms with E-state index in [1.54, 1.807) is 30.1 Å². The first-order valence-corrected chi connectivity index (χ1v) is 6.43. The number of carboxylic acids is 1. The Morgan fingerprint density at radius 3 is 3.06 bits per heavy atom. The van der Waals surface area contributed by atoms with Gasteiger partial charge in [0.15, 0.2) is 0 Å². The van der Waals surface area contributed by atoms with Crippen LogP contribution in [0.2, 0.25) is 5.02 Å². The lowest BCUT2D eigenvalue weighted by molar-refractivity contribution is 0.0696. The zero-order valence-corrected chi connectivity index (χ0v) is 11.1. The molecule has 18 heavy (non-hydrogen) atoms. The van der Waals surface area contributed by atoms with Crippen LogP contribution in [0.1, 0.15) is 16.1 Å². The summed E-state index contributed by atoms with van der Waals surface area (Å²) < 4.78 is 1.55. The predicted molar refractivity (Wildman–Crippen MR) is 69.0 cm³/mol. The Balaban J connectivity index is 2.18. The molecule has 0 aliphatic carbocycles. The second kappa shape index (κ2) is 5.41. The van der Waals surface area contributed by atoms with Gasteiger partial charge in [0.25, 0.3) is 0 Å². The Labute approximate surface area is 113 Å². The maximum absolute atomic E-state index is 11.0. The molecule has 7 heteroatoms. The van der Waals surface area contributed by atoms with Gasteiger partial charge in [-0.05, 0) is 12.1 Å². The standard InChI is InChI=1S/C11H10ClN3O2S/c1-15-9(7(5-14-15)11(16)17)6-18-10-8(12)3-2-4-13-10/h2-5H,6H2,1H3,(H,16,17). The highest BCUT2D eigenvalue weighted by atomic mass is 35.5. The van der Waals surface area contributed by atoms with Crippen LogP contribution in [0.3, 0.4) is 0 Å². The normalized spacial score (nSPS) is 10.6. The molecule has 94 valence electrons. The Morgan fingerprint density at radius 2 is 2.39 bits per heavy atom. The molecule has 0 unspecified atom stereocenters. The van der Waals surface area contributed by atoms with Crippen LogP contribution >= 0.6 is 23.4 Å². The number of halogens is 1. The summed E-state index contributed by atoms with van der Waals surface area (Å²) in [6, 6.07) is 3.50. The molecule has 5 nitrogen and oxygen atoms in total. The van der Waals surface area contributed by atoms with Crippen LogP contribution in [0, 0.1) is 0 Å². The van der Waals surface area contributed by atoms with Crippen LogP contribution in [-0.4, -0.2) is 25.8 Å². The lowest BCUT2D eigenvalue weighted by Gasteiger charge is -2.04. The van der Waals surface area contributed by atoms with Gasteiger partial charge in [0.2, 0.25) is 0 Å². The van der Waals surface area contributed by atoms with Crippen LogP contribution < -0.4 is 0 Å².